The van der Waals surface area contributed by atoms with Gasteiger partial charge in [0.05, 0.1) is 30.0 Å². The number of benzene rings is 3. The molecule has 0 aromatic heterocycles. The van der Waals surface area contributed by atoms with Gasteiger partial charge in [-0.3, -0.25) is 14.5 Å². The Balaban J connectivity index is 1.52. The Morgan fingerprint density at radius 1 is 0.905 bits per heavy atom. The maximum Gasteiger partial charge on any atom is 0.338 e. The predicted octanol–water partition coefficient (Wildman–Crippen LogP) is 5.90. The van der Waals surface area contributed by atoms with E-state index >= 15 is 0 Å². The van der Waals surface area contributed by atoms with Gasteiger partial charge in [0.1, 0.15) is 5.25 Å². The van der Waals surface area contributed by atoms with Crippen LogP contribution in [-0.4, -0.2) is 58.8 Å². The number of rotatable bonds is 10. The van der Waals surface area contributed by atoms with Gasteiger partial charge in [-0.05, 0) is 86.5 Å². The summed E-state index contributed by atoms with van der Waals surface area (Å²) in [6.45, 7) is 4.35. The van der Waals surface area contributed by atoms with E-state index in [1.807, 2.05) is 12.1 Å². The van der Waals surface area contributed by atoms with Gasteiger partial charge in [0.2, 0.25) is 11.8 Å². The van der Waals surface area contributed by atoms with Crippen LogP contribution in [0.15, 0.2) is 77.8 Å². The van der Waals surface area contributed by atoms with Crippen molar-refractivity contribution in [2.24, 2.45) is 4.99 Å². The van der Waals surface area contributed by atoms with E-state index in [0.717, 1.165) is 5.56 Å². The predicted molar refractivity (Wildman–Crippen MR) is 163 cm³/mol. The third kappa shape index (κ3) is 8.20. The summed E-state index contributed by atoms with van der Waals surface area (Å²) in [6.07, 6.45) is 0.548. The summed E-state index contributed by atoms with van der Waals surface area (Å²) < 4.78 is 10.0. The number of carbonyl (C=O) groups is 4. The monoisotopic (exact) mass is 607 g/mol. The first-order valence-corrected chi connectivity index (χ1v) is 14.7. The number of halogens is 1. The summed E-state index contributed by atoms with van der Waals surface area (Å²) >= 11 is 7.20. The lowest BCUT2D eigenvalue weighted by Crippen LogP contribution is -2.46. The molecule has 218 valence electrons. The molecule has 4 rings (SSSR count). The molecule has 1 unspecified atom stereocenters. The maximum absolute atomic E-state index is 13.4. The standard InChI is InChI=1S/C31H30ClN3O6S/c1-3-40-29(38)21-7-13-24(14-8-21)33-28(37)26-19-27(36)35(18-17-20-5-11-23(32)12-6-20)31(42-26)34-25-15-9-22(10-16-25)30(39)41-4-2/h5-16,26H,3-4,17-19H2,1-2H3,(H,33,37). The number of amides is 2. The molecule has 0 bridgehead atoms. The molecule has 2 amide bonds. The van der Waals surface area contributed by atoms with Crippen LogP contribution in [0.5, 0.6) is 0 Å². The minimum absolute atomic E-state index is 0.0150. The van der Waals surface area contributed by atoms with Crippen LogP contribution in [0.2, 0.25) is 5.02 Å². The van der Waals surface area contributed by atoms with Gasteiger partial charge in [0, 0.05) is 23.7 Å². The number of amidine groups is 1. The Labute approximate surface area is 253 Å². The van der Waals surface area contributed by atoms with E-state index in [0.29, 0.717) is 45.7 Å². The number of carbonyl (C=O) groups excluding carboxylic acids is 4. The summed E-state index contributed by atoms with van der Waals surface area (Å²) in [5, 5.41) is 3.10. The first-order valence-electron chi connectivity index (χ1n) is 13.4. The Morgan fingerprint density at radius 3 is 2.05 bits per heavy atom. The fourth-order valence-electron chi connectivity index (χ4n) is 4.08. The Hall–Kier alpha value is -4.15. The molecule has 0 saturated carbocycles. The molecule has 0 aliphatic carbocycles. The highest BCUT2D eigenvalue weighted by Crippen LogP contribution is 2.30. The molecule has 1 aliphatic rings. The quantitative estimate of drug-likeness (QED) is 0.286. The van der Waals surface area contributed by atoms with E-state index in [-0.39, 0.29) is 31.4 Å². The number of anilines is 1. The zero-order chi connectivity index (χ0) is 30.1. The lowest BCUT2D eigenvalue weighted by molar-refractivity contribution is -0.129. The minimum atomic E-state index is -0.730. The molecule has 1 N–H and O–H groups in total. The molecular formula is C31H30ClN3O6S. The van der Waals surface area contributed by atoms with Crippen LogP contribution < -0.4 is 5.32 Å². The number of hydrogen-bond acceptors (Lipinski definition) is 8. The molecule has 3 aromatic rings. The van der Waals surface area contributed by atoms with Gasteiger partial charge in [0.25, 0.3) is 0 Å². The molecule has 0 radical (unpaired) electrons. The van der Waals surface area contributed by atoms with Gasteiger partial charge in [-0.1, -0.05) is 35.5 Å². The molecule has 1 atom stereocenters. The van der Waals surface area contributed by atoms with Crippen LogP contribution in [0.3, 0.4) is 0 Å². The van der Waals surface area contributed by atoms with Crippen molar-refractivity contribution in [1.29, 1.82) is 0 Å². The highest BCUT2D eigenvalue weighted by molar-refractivity contribution is 8.15. The van der Waals surface area contributed by atoms with E-state index in [9.17, 15) is 19.2 Å². The van der Waals surface area contributed by atoms with Crippen molar-refractivity contribution < 1.29 is 28.7 Å². The van der Waals surface area contributed by atoms with E-state index in [2.05, 4.69) is 5.32 Å². The number of thioether (sulfide) groups is 1. The van der Waals surface area contributed by atoms with Gasteiger partial charge in [-0.25, -0.2) is 14.6 Å². The number of nitrogens with zero attached hydrogens (tertiary/aromatic N) is 2. The summed E-state index contributed by atoms with van der Waals surface area (Å²) in [5.74, 6) is -1.48. The van der Waals surface area contributed by atoms with Crippen molar-refractivity contribution in [2.75, 3.05) is 25.1 Å². The first-order chi connectivity index (χ1) is 20.3. The van der Waals surface area contributed by atoms with Crippen LogP contribution in [0.4, 0.5) is 11.4 Å². The summed E-state index contributed by atoms with van der Waals surface area (Å²) in [4.78, 5) is 56.8. The van der Waals surface area contributed by atoms with Crippen molar-refractivity contribution in [3.05, 3.63) is 94.5 Å². The molecule has 1 aliphatic heterocycles. The average molecular weight is 608 g/mol. The Morgan fingerprint density at radius 2 is 1.48 bits per heavy atom. The van der Waals surface area contributed by atoms with E-state index in [1.165, 1.54) is 11.8 Å². The fraction of sp³-hybridized carbons (Fsp3) is 0.258. The maximum atomic E-state index is 13.4. The summed E-state index contributed by atoms with van der Waals surface area (Å²) in [7, 11) is 0. The van der Waals surface area contributed by atoms with Crippen molar-refractivity contribution in [2.45, 2.75) is 31.9 Å². The highest BCUT2D eigenvalue weighted by atomic mass is 35.5. The molecule has 3 aromatic carbocycles. The largest absolute Gasteiger partial charge is 0.462 e. The number of esters is 2. The average Bonchev–Trinajstić information content (AvgIpc) is 2.98. The van der Waals surface area contributed by atoms with Crippen molar-refractivity contribution in [3.63, 3.8) is 0 Å². The summed E-state index contributed by atoms with van der Waals surface area (Å²) in [6, 6.07) is 20.3. The highest BCUT2D eigenvalue weighted by Gasteiger charge is 2.36. The van der Waals surface area contributed by atoms with Crippen LogP contribution in [0, 0.1) is 0 Å². The van der Waals surface area contributed by atoms with E-state index < -0.39 is 17.2 Å². The number of aliphatic imine (C=N–C) groups is 1. The Bertz CT molecular complexity index is 1460. The van der Waals surface area contributed by atoms with Crippen molar-refractivity contribution >= 4 is 63.7 Å². The molecule has 1 saturated heterocycles. The van der Waals surface area contributed by atoms with Gasteiger partial charge >= 0.3 is 11.9 Å². The van der Waals surface area contributed by atoms with Crippen molar-refractivity contribution in [1.82, 2.24) is 4.90 Å². The molecule has 9 nitrogen and oxygen atoms in total. The molecule has 1 fully saturated rings. The second-order valence-electron chi connectivity index (χ2n) is 9.18. The van der Waals surface area contributed by atoms with Gasteiger partial charge in [-0.15, -0.1) is 0 Å². The van der Waals surface area contributed by atoms with Crippen LogP contribution in [0.25, 0.3) is 0 Å². The van der Waals surface area contributed by atoms with E-state index in [1.54, 1.807) is 79.4 Å². The van der Waals surface area contributed by atoms with Crippen molar-refractivity contribution in [3.8, 4) is 0 Å². The Kier molecular flexibility index (Phi) is 10.7. The van der Waals surface area contributed by atoms with E-state index in [4.69, 9.17) is 26.1 Å². The second-order valence-corrected chi connectivity index (χ2v) is 10.8. The topological polar surface area (TPSA) is 114 Å². The summed E-state index contributed by atoms with van der Waals surface area (Å²) in [5.41, 5.74) is 2.77. The molecule has 42 heavy (non-hydrogen) atoms. The molecule has 11 heteroatoms. The third-order valence-corrected chi connectivity index (χ3v) is 7.68. The van der Waals surface area contributed by atoms with Crippen LogP contribution in [-0.2, 0) is 25.5 Å². The zero-order valence-electron chi connectivity index (χ0n) is 23.2. The molecular weight excluding hydrogens is 578 g/mol. The normalized spacial score (nSPS) is 15.8. The fourth-order valence-corrected chi connectivity index (χ4v) is 5.33. The van der Waals surface area contributed by atoms with Crippen LogP contribution in [0.1, 0.15) is 46.5 Å². The number of ether oxygens (including phenoxy) is 2. The first kappa shape index (κ1) is 30.8. The SMILES string of the molecule is CCOC(=O)c1ccc(N=C2SC(C(=O)Nc3ccc(C(=O)OCC)cc3)CC(=O)N2CCc2ccc(Cl)cc2)cc1. The van der Waals surface area contributed by atoms with Gasteiger partial charge in [-0.2, -0.15) is 0 Å². The lowest BCUT2D eigenvalue weighted by Gasteiger charge is -2.32. The number of hydrogen-bond donors (Lipinski definition) is 1. The smallest absolute Gasteiger partial charge is 0.338 e. The molecule has 0 spiro atoms. The van der Waals surface area contributed by atoms with Gasteiger partial charge in [0.15, 0.2) is 5.17 Å². The van der Waals surface area contributed by atoms with Gasteiger partial charge < -0.3 is 14.8 Å². The zero-order valence-corrected chi connectivity index (χ0v) is 24.7. The third-order valence-electron chi connectivity index (χ3n) is 6.24. The van der Waals surface area contributed by atoms with Crippen LogP contribution >= 0.6 is 23.4 Å². The minimum Gasteiger partial charge on any atom is -0.462 e. The number of nitrogens with one attached hydrogen (secondary N) is 1. The lowest BCUT2D eigenvalue weighted by atomic mass is 10.1. The molecule has 1 heterocycles. The second kappa shape index (κ2) is 14.7.